The minimum Gasteiger partial charge on any atom is -0.478 e. The third kappa shape index (κ3) is 2.95. The quantitative estimate of drug-likeness (QED) is 0.863. The van der Waals surface area contributed by atoms with Crippen molar-refractivity contribution in [2.45, 2.75) is 19.3 Å². The Morgan fingerprint density at radius 2 is 1.95 bits per heavy atom. The van der Waals surface area contributed by atoms with Crippen molar-refractivity contribution in [1.82, 2.24) is 0 Å². The van der Waals surface area contributed by atoms with Crippen molar-refractivity contribution < 1.29 is 9.90 Å². The summed E-state index contributed by atoms with van der Waals surface area (Å²) in [6.45, 7) is 0.909. The largest absolute Gasteiger partial charge is 0.478 e. The number of carbonyl (C=O) groups is 1. The van der Waals surface area contributed by atoms with Gasteiger partial charge in [0, 0.05) is 22.4 Å². The molecule has 2 aromatic rings. The molecule has 0 radical (unpaired) electrons. The van der Waals surface area contributed by atoms with Gasteiger partial charge >= 0.3 is 5.97 Å². The number of carboxylic acids is 1. The molecule has 0 aliphatic carbocycles. The molecular formula is C17H16BrNO2. The standard InChI is InChI=1S/C17H16BrNO2/c18-14-9-13(17(20)21)10-15(11-14)19-8-4-3-6-12-5-1-2-7-16(12)19/h1-2,5,7,9-11H,3-4,6,8H2,(H,20,21). The highest BCUT2D eigenvalue weighted by Gasteiger charge is 2.18. The Morgan fingerprint density at radius 1 is 1.14 bits per heavy atom. The first kappa shape index (κ1) is 14.1. The van der Waals surface area contributed by atoms with Crippen LogP contribution in [0.3, 0.4) is 0 Å². The summed E-state index contributed by atoms with van der Waals surface area (Å²) >= 11 is 3.42. The van der Waals surface area contributed by atoms with E-state index in [2.05, 4.69) is 39.0 Å². The fraction of sp³-hybridized carbons (Fsp3) is 0.235. The number of fused-ring (bicyclic) bond motifs is 1. The second-order valence-electron chi connectivity index (χ2n) is 5.24. The van der Waals surface area contributed by atoms with E-state index in [1.54, 1.807) is 12.1 Å². The molecular weight excluding hydrogens is 330 g/mol. The molecule has 1 aliphatic rings. The first-order valence-corrected chi connectivity index (χ1v) is 7.84. The van der Waals surface area contributed by atoms with Gasteiger partial charge in [0.15, 0.2) is 0 Å². The van der Waals surface area contributed by atoms with E-state index in [1.165, 1.54) is 11.3 Å². The van der Waals surface area contributed by atoms with Crippen molar-refractivity contribution >= 4 is 33.3 Å². The van der Waals surface area contributed by atoms with Gasteiger partial charge in [0.1, 0.15) is 0 Å². The zero-order valence-corrected chi connectivity index (χ0v) is 13.1. The highest BCUT2D eigenvalue weighted by molar-refractivity contribution is 9.10. The molecule has 0 aromatic heterocycles. The molecule has 3 nitrogen and oxygen atoms in total. The first-order valence-electron chi connectivity index (χ1n) is 7.04. The molecule has 0 fully saturated rings. The molecule has 0 saturated heterocycles. The molecule has 1 aliphatic heterocycles. The topological polar surface area (TPSA) is 40.5 Å². The average molecular weight is 346 g/mol. The maximum atomic E-state index is 11.3. The fourth-order valence-corrected chi connectivity index (χ4v) is 3.29. The summed E-state index contributed by atoms with van der Waals surface area (Å²) < 4.78 is 0.791. The molecule has 0 spiro atoms. The lowest BCUT2D eigenvalue weighted by molar-refractivity contribution is 0.0697. The maximum Gasteiger partial charge on any atom is 0.335 e. The first-order chi connectivity index (χ1) is 10.1. The average Bonchev–Trinajstić information content (AvgIpc) is 2.69. The van der Waals surface area contributed by atoms with E-state index in [-0.39, 0.29) is 0 Å². The number of aryl methyl sites for hydroxylation is 1. The van der Waals surface area contributed by atoms with Gasteiger partial charge in [0.2, 0.25) is 0 Å². The lowest BCUT2D eigenvalue weighted by atomic mass is 10.1. The van der Waals surface area contributed by atoms with Gasteiger partial charge in [0.25, 0.3) is 0 Å². The van der Waals surface area contributed by atoms with Crippen LogP contribution in [0, 0.1) is 0 Å². The molecule has 1 N–H and O–H groups in total. The van der Waals surface area contributed by atoms with Gasteiger partial charge in [0.05, 0.1) is 5.56 Å². The second kappa shape index (κ2) is 5.90. The van der Waals surface area contributed by atoms with Gasteiger partial charge in [-0.3, -0.25) is 0 Å². The van der Waals surface area contributed by atoms with Crippen LogP contribution in [0.25, 0.3) is 0 Å². The van der Waals surface area contributed by atoms with E-state index < -0.39 is 5.97 Å². The molecule has 2 aromatic carbocycles. The van der Waals surface area contributed by atoms with Crippen molar-refractivity contribution in [2.24, 2.45) is 0 Å². The Kier molecular flexibility index (Phi) is 3.97. The van der Waals surface area contributed by atoms with Crippen LogP contribution < -0.4 is 4.90 Å². The normalized spacial score (nSPS) is 14.4. The summed E-state index contributed by atoms with van der Waals surface area (Å²) in [6, 6.07) is 13.7. The van der Waals surface area contributed by atoms with E-state index in [4.69, 9.17) is 0 Å². The minimum absolute atomic E-state index is 0.307. The Hall–Kier alpha value is -1.81. The predicted molar refractivity (Wildman–Crippen MR) is 87.5 cm³/mol. The molecule has 4 heteroatoms. The van der Waals surface area contributed by atoms with Crippen LogP contribution in [-0.4, -0.2) is 17.6 Å². The fourth-order valence-electron chi connectivity index (χ4n) is 2.81. The Balaban J connectivity index is 2.09. The molecule has 1 heterocycles. The number of anilines is 2. The van der Waals surface area contributed by atoms with Crippen LogP contribution in [0.1, 0.15) is 28.8 Å². The van der Waals surface area contributed by atoms with Crippen LogP contribution in [0.2, 0.25) is 0 Å². The third-order valence-corrected chi connectivity index (χ3v) is 4.26. The third-order valence-electron chi connectivity index (χ3n) is 3.80. The molecule has 0 unspecified atom stereocenters. The van der Waals surface area contributed by atoms with E-state index in [1.807, 2.05) is 12.1 Å². The predicted octanol–water partition coefficient (Wildman–Crippen LogP) is 4.62. The van der Waals surface area contributed by atoms with Crippen molar-refractivity contribution in [3.8, 4) is 0 Å². The number of benzene rings is 2. The number of nitrogens with zero attached hydrogens (tertiary/aromatic N) is 1. The smallest absolute Gasteiger partial charge is 0.335 e. The molecule has 0 amide bonds. The van der Waals surface area contributed by atoms with Crippen molar-refractivity contribution in [1.29, 1.82) is 0 Å². The summed E-state index contributed by atoms with van der Waals surface area (Å²) in [5.41, 5.74) is 3.74. The molecule has 0 saturated carbocycles. The van der Waals surface area contributed by atoms with Gasteiger partial charge in [-0.05, 0) is 49.1 Å². The molecule has 108 valence electrons. The summed E-state index contributed by atoms with van der Waals surface area (Å²) in [6.07, 6.45) is 3.34. The van der Waals surface area contributed by atoms with Gasteiger partial charge in [-0.2, -0.15) is 0 Å². The van der Waals surface area contributed by atoms with Crippen molar-refractivity contribution in [3.05, 3.63) is 58.1 Å². The van der Waals surface area contributed by atoms with E-state index in [9.17, 15) is 9.90 Å². The molecule has 3 rings (SSSR count). The summed E-state index contributed by atoms with van der Waals surface area (Å²) in [5.74, 6) is -0.902. The highest BCUT2D eigenvalue weighted by Crippen LogP contribution is 2.34. The number of rotatable bonds is 2. The van der Waals surface area contributed by atoms with Gasteiger partial charge in [-0.15, -0.1) is 0 Å². The van der Waals surface area contributed by atoms with E-state index in [0.29, 0.717) is 5.56 Å². The molecule has 21 heavy (non-hydrogen) atoms. The maximum absolute atomic E-state index is 11.3. The van der Waals surface area contributed by atoms with Crippen LogP contribution in [-0.2, 0) is 6.42 Å². The molecule has 0 bridgehead atoms. The zero-order valence-electron chi connectivity index (χ0n) is 11.6. The number of halogens is 1. The minimum atomic E-state index is -0.902. The lowest BCUT2D eigenvalue weighted by Gasteiger charge is -2.25. The number of hydrogen-bond donors (Lipinski definition) is 1. The summed E-state index contributed by atoms with van der Waals surface area (Å²) in [7, 11) is 0. The zero-order chi connectivity index (χ0) is 14.8. The van der Waals surface area contributed by atoms with Crippen LogP contribution in [0.15, 0.2) is 46.9 Å². The Bertz CT molecular complexity index is 684. The SMILES string of the molecule is O=C(O)c1cc(Br)cc(N2CCCCc3ccccc32)c1. The van der Waals surface area contributed by atoms with Gasteiger partial charge in [-0.1, -0.05) is 34.1 Å². The number of aromatic carboxylic acids is 1. The number of para-hydroxylation sites is 1. The molecule has 0 atom stereocenters. The van der Waals surface area contributed by atoms with Crippen LogP contribution >= 0.6 is 15.9 Å². The number of carboxylic acid groups (broad SMARTS) is 1. The number of hydrogen-bond acceptors (Lipinski definition) is 2. The highest BCUT2D eigenvalue weighted by atomic mass is 79.9. The lowest BCUT2D eigenvalue weighted by Crippen LogP contribution is -2.18. The monoisotopic (exact) mass is 345 g/mol. The van der Waals surface area contributed by atoms with Gasteiger partial charge < -0.3 is 10.0 Å². The van der Waals surface area contributed by atoms with E-state index >= 15 is 0 Å². The Morgan fingerprint density at radius 3 is 2.76 bits per heavy atom. The van der Waals surface area contributed by atoms with E-state index in [0.717, 1.165) is 36.0 Å². The van der Waals surface area contributed by atoms with Gasteiger partial charge in [-0.25, -0.2) is 4.79 Å². The second-order valence-corrected chi connectivity index (χ2v) is 6.16. The summed E-state index contributed by atoms with van der Waals surface area (Å²) in [5, 5.41) is 9.24. The summed E-state index contributed by atoms with van der Waals surface area (Å²) in [4.78, 5) is 13.5. The Labute approximate surface area is 132 Å². The van der Waals surface area contributed by atoms with Crippen LogP contribution in [0.4, 0.5) is 11.4 Å². The van der Waals surface area contributed by atoms with Crippen LogP contribution in [0.5, 0.6) is 0 Å². The van der Waals surface area contributed by atoms with Crippen molar-refractivity contribution in [3.63, 3.8) is 0 Å². The van der Waals surface area contributed by atoms with Crippen molar-refractivity contribution in [2.75, 3.05) is 11.4 Å².